The third kappa shape index (κ3) is 2.70. The van der Waals surface area contributed by atoms with Crippen LogP contribution in [0.2, 0.25) is 0 Å². The molecule has 1 atom stereocenters. The zero-order valence-electron chi connectivity index (χ0n) is 8.64. The van der Waals surface area contributed by atoms with Crippen LogP contribution >= 0.6 is 12.4 Å². The van der Waals surface area contributed by atoms with Crippen molar-refractivity contribution in [2.75, 3.05) is 6.54 Å². The molecule has 0 fully saturated rings. The van der Waals surface area contributed by atoms with Crippen LogP contribution < -0.4 is 5.73 Å². The summed E-state index contributed by atoms with van der Waals surface area (Å²) in [4.78, 5) is 5.16. The highest BCUT2D eigenvalue weighted by molar-refractivity contribution is 6.01. The van der Waals surface area contributed by atoms with Gasteiger partial charge in [0, 0.05) is 13.0 Å². The number of hydrogen-bond acceptors (Lipinski definition) is 3. The fourth-order valence-electron chi connectivity index (χ4n) is 1.47. The molecule has 82 valence electrons. The van der Waals surface area contributed by atoms with Crippen LogP contribution in [0.25, 0.3) is 0 Å². The molecule has 0 saturated heterocycles. The minimum Gasteiger partial charge on any atom is -0.390 e. The molecule has 0 bridgehead atoms. The van der Waals surface area contributed by atoms with Crippen LogP contribution in [-0.2, 0) is 4.84 Å². The van der Waals surface area contributed by atoms with Crippen molar-refractivity contribution in [2.45, 2.75) is 19.4 Å². The van der Waals surface area contributed by atoms with E-state index in [1.165, 1.54) is 5.56 Å². The first-order chi connectivity index (χ1) is 6.79. The fraction of sp³-hybridized carbons (Fsp3) is 0.364. The Morgan fingerprint density at radius 1 is 1.40 bits per heavy atom. The first-order valence-electron chi connectivity index (χ1n) is 4.79. The quantitative estimate of drug-likeness (QED) is 0.837. The van der Waals surface area contributed by atoms with E-state index in [4.69, 9.17) is 10.6 Å². The van der Waals surface area contributed by atoms with Gasteiger partial charge < -0.3 is 10.6 Å². The van der Waals surface area contributed by atoms with Crippen LogP contribution in [0.4, 0.5) is 0 Å². The molecule has 2 rings (SSSR count). The number of hydrogen-bond donors (Lipinski definition) is 1. The largest absolute Gasteiger partial charge is 0.390 e. The normalized spacial score (nSPS) is 19.1. The predicted molar refractivity (Wildman–Crippen MR) is 63.5 cm³/mol. The third-order valence-corrected chi connectivity index (χ3v) is 2.38. The van der Waals surface area contributed by atoms with Gasteiger partial charge in [0.05, 0.1) is 5.71 Å². The highest BCUT2D eigenvalue weighted by Crippen LogP contribution is 2.16. The lowest BCUT2D eigenvalue weighted by molar-refractivity contribution is 0.0918. The fourth-order valence-corrected chi connectivity index (χ4v) is 1.47. The summed E-state index contributed by atoms with van der Waals surface area (Å²) < 4.78 is 0. The Labute approximate surface area is 95.7 Å². The summed E-state index contributed by atoms with van der Waals surface area (Å²) in [5.41, 5.74) is 8.88. The van der Waals surface area contributed by atoms with Gasteiger partial charge in [0.15, 0.2) is 0 Å². The minimum absolute atomic E-state index is 0. The average molecular weight is 227 g/mol. The lowest BCUT2D eigenvalue weighted by atomic mass is 10.0. The van der Waals surface area contributed by atoms with Crippen molar-refractivity contribution >= 4 is 18.1 Å². The van der Waals surface area contributed by atoms with Crippen molar-refractivity contribution < 1.29 is 4.84 Å². The maximum absolute atomic E-state index is 5.50. The number of nitrogens with zero attached hydrogens (tertiary/aromatic N) is 1. The van der Waals surface area contributed by atoms with Gasteiger partial charge in [0.25, 0.3) is 0 Å². The van der Waals surface area contributed by atoms with Crippen molar-refractivity contribution in [3.05, 3.63) is 35.4 Å². The van der Waals surface area contributed by atoms with E-state index in [0.29, 0.717) is 6.54 Å². The van der Waals surface area contributed by atoms with Crippen LogP contribution in [0.15, 0.2) is 29.4 Å². The minimum atomic E-state index is 0. The smallest absolute Gasteiger partial charge is 0.145 e. The summed E-state index contributed by atoms with van der Waals surface area (Å²) in [7, 11) is 0. The third-order valence-electron chi connectivity index (χ3n) is 2.38. The molecule has 1 aromatic rings. The van der Waals surface area contributed by atoms with Gasteiger partial charge >= 0.3 is 0 Å². The van der Waals surface area contributed by atoms with Crippen LogP contribution in [0.1, 0.15) is 17.5 Å². The molecule has 1 unspecified atom stereocenters. The standard InChI is InChI=1S/C11H14N2O.ClH/c1-8-2-4-9(5-3-8)11-6-10(7-12)14-13-11;/h2-5,10H,6-7,12H2,1H3;1H. The van der Waals surface area contributed by atoms with Gasteiger partial charge in [-0.25, -0.2) is 0 Å². The molecular formula is C11H15ClN2O. The number of nitrogens with two attached hydrogens (primary N) is 1. The van der Waals surface area contributed by atoms with Crippen LogP contribution in [0.3, 0.4) is 0 Å². The van der Waals surface area contributed by atoms with Crippen LogP contribution in [0, 0.1) is 6.92 Å². The van der Waals surface area contributed by atoms with Crippen LogP contribution in [0.5, 0.6) is 0 Å². The molecule has 0 aliphatic carbocycles. The van der Waals surface area contributed by atoms with Gasteiger partial charge in [-0.05, 0) is 12.5 Å². The zero-order valence-corrected chi connectivity index (χ0v) is 9.46. The number of benzene rings is 1. The van der Waals surface area contributed by atoms with Crippen molar-refractivity contribution in [2.24, 2.45) is 10.9 Å². The number of aryl methyl sites for hydroxylation is 1. The topological polar surface area (TPSA) is 47.6 Å². The monoisotopic (exact) mass is 226 g/mol. The van der Waals surface area contributed by atoms with Gasteiger partial charge in [-0.15, -0.1) is 12.4 Å². The Morgan fingerprint density at radius 2 is 2.07 bits per heavy atom. The van der Waals surface area contributed by atoms with Crippen molar-refractivity contribution in [3.63, 3.8) is 0 Å². The van der Waals surface area contributed by atoms with Gasteiger partial charge in [-0.3, -0.25) is 0 Å². The summed E-state index contributed by atoms with van der Waals surface area (Å²) in [6.07, 6.45) is 0.880. The number of oxime groups is 1. The SMILES string of the molecule is Cc1ccc(C2=NOC(CN)C2)cc1.Cl. The van der Waals surface area contributed by atoms with E-state index in [9.17, 15) is 0 Å². The van der Waals surface area contributed by atoms with E-state index in [1.54, 1.807) is 0 Å². The second-order valence-corrected chi connectivity index (χ2v) is 3.57. The molecule has 1 aliphatic rings. The first kappa shape index (κ1) is 12.0. The Bertz CT molecular complexity index is 348. The molecule has 4 heteroatoms. The summed E-state index contributed by atoms with van der Waals surface area (Å²) in [6, 6.07) is 8.29. The summed E-state index contributed by atoms with van der Waals surface area (Å²) in [5, 5.41) is 4.02. The van der Waals surface area contributed by atoms with Gasteiger partial charge in [-0.2, -0.15) is 0 Å². The van der Waals surface area contributed by atoms with E-state index < -0.39 is 0 Å². The number of rotatable bonds is 2. The lowest BCUT2D eigenvalue weighted by Crippen LogP contribution is -2.20. The van der Waals surface area contributed by atoms with E-state index in [0.717, 1.165) is 17.7 Å². The maximum Gasteiger partial charge on any atom is 0.145 e. The summed E-state index contributed by atoms with van der Waals surface area (Å²) >= 11 is 0. The Balaban J connectivity index is 0.00000112. The summed E-state index contributed by atoms with van der Waals surface area (Å²) in [5.74, 6) is 0. The lowest BCUT2D eigenvalue weighted by Gasteiger charge is -2.02. The molecule has 1 heterocycles. The van der Waals surface area contributed by atoms with E-state index in [-0.39, 0.29) is 18.5 Å². The molecule has 1 aliphatic heterocycles. The second kappa shape index (κ2) is 5.14. The van der Waals surface area contributed by atoms with E-state index in [2.05, 4.69) is 36.3 Å². The molecule has 1 aromatic carbocycles. The molecule has 3 nitrogen and oxygen atoms in total. The molecular weight excluding hydrogens is 212 g/mol. The maximum atomic E-state index is 5.50. The molecule has 0 spiro atoms. The zero-order chi connectivity index (χ0) is 9.97. The van der Waals surface area contributed by atoms with Gasteiger partial charge in [-0.1, -0.05) is 35.0 Å². The Hall–Kier alpha value is -1.06. The van der Waals surface area contributed by atoms with E-state index in [1.807, 2.05) is 0 Å². The van der Waals surface area contributed by atoms with Gasteiger partial charge in [0.2, 0.25) is 0 Å². The molecule has 0 radical (unpaired) electrons. The molecule has 0 saturated carbocycles. The average Bonchev–Trinajstić information content (AvgIpc) is 2.67. The van der Waals surface area contributed by atoms with Crippen LogP contribution in [-0.4, -0.2) is 18.4 Å². The van der Waals surface area contributed by atoms with Crippen molar-refractivity contribution in [3.8, 4) is 0 Å². The predicted octanol–water partition coefficient (Wildman–Crippen LogP) is 1.87. The molecule has 0 amide bonds. The highest BCUT2D eigenvalue weighted by Gasteiger charge is 2.20. The Morgan fingerprint density at radius 3 is 2.60 bits per heavy atom. The molecule has 0 aromatic heterocycles. The van der Waals surface area contributed by atoms with E-state index >= 15 is 0 Å². The molecule has 15 heavy (non-hydrogen) atoms. The summed E-state index contributed by atoms with van der Waals surface area (Å²) in [6.45, 7) is 2.60. The first-order valence-corrected chi connectivity index (χ1v) is 4.79. The van der Waals surface area contributed by atoms with Gasteiger partial charge in [0.1, 0.15) is 6.10 Å². The Kier molecular flexibility index (Phi) is 4.12. The van der Waals surface area contributed by atoms with Crippen molar-refractivity contribution in [1.29, 1.82) is 0 Å². The molecule has 2 N–H and O–H groups in total. The highest BCUT2D eigenvalue weighted by atomic mass is 35.5. The van der Waals surface area contributed by atoms with Crippen molar-refractivity contribution in [1.82, 2.24) is 0 Å². The second-order valence-electron chi connectivity index (χ2n) is 3.57. The number of halogens is 1.